The number of halogens is 3. The Labute approximate surface area is 201 Å². The van der Waals surface area contributed by atoms with E-state index in [1.54, 1.807) is 61.5 Å². The van der Waals surface area contributed by atoms with Gasteiger partial charge in [-0.25, -0.2) is 4.79 Å². The molecule has 1 amide bonds. The van der Waals surface area contributed by atoms with Crippen molar-refractivity contribution < 1.29 is 19.1 Å². The molecule has 0 unspecified atom stereocenters. The molecule has 0 bridgehead atoms. The summed E-state index contributed by atoms with van der Waals surface area (Å²) in [5.41, 5.74) is 1.88. The van der Waals surface area contributed by atoms with Crippen LogP contribution in [0.4, 0.5) is 5.69 Å². The molecule has 0 radical (unpaired) electrons. The Morgan fingerprint density at radius 3 is 2.06 bits per heavy atom. The Kier molecular flexibility index (Phi) is 8.02. The summed E-state index contributed by atoms with van der Waals surface area (Å²) in [5, 5.41) is 1.18. The van der Waals surface area contributed by atoms with Crippen molar-refractivity contribution in [1.82, 2.24) is 0 Å². The molecule has 0 aromatic heterocycles. The van der Waals surface area contributed by atoms with Crippen LogP contribution >= 0.6 is 34.8 Å². The second kappa shape index (κ2) is 10.7. The van der Waals surface area contributed by atoms with Crippen molar-refractivity contribution >= 4 is 52.4 Å². The van der Waals surface area contributed by atoms with Crippen LogP contribution in [0.1, 0.15) is 33.2 Å². The molecule has 3 rings (SSSR count). The molecule has 166 valence electrons. The van der Waals surface area contributed by atoms with Gasteiger partial charge in [0, 0.05) is 26.9 Å². The van der Waals surface area contributed by atoms with Crippen molar-refractivity contribution in [1.29, 1.82) is 0 Å². The molecule has 0 N–H and O–H groups in total. The predicted molar refractivity (Wildman–Crippen MR) is 127 cm³/mol. The number of methoxy groups -OCH3 is 1. The van der Waals surface area contributed by atoms with Crippen LogP contribution in [0.15, 0.2) is 60.7 Å². The summed E-state index contributed by atoms with van der Waals surface area (Å²) in [6.07, 6.45) is 0. The van der Waals surface area contributed by atoms with Gasteiger partial charge in [-0.1, -0.05) is 40.9 Å². The lowest BCUT2D eigenvalue weighted by Crippen LogP contribution is -2.30. The molecule has 8 heteroatoms. The Balaban J connectivity index is 2.02. The van der Waals surface area contributed by atoms with Gasteiger partial charge in [-0.3, -0.25) is 4.79 Å². The number of hydrogen-bond donors (Lipinski definition) is 0. The minimum atomic E-state index is -0.437. The van der Waals surface area contributed by atoms with Crippen LogP contribution in [0.2, 0.25) is 15.1 Å². The van der Waals surface area contributed by atoms with Gasteiger partial charge in [0.2, 0.25) is 0 Å². The molecular formula is C24H20Cl3NO4. The van der Waals surface area contributed by atoms with Gasteiger partial charge in [-0.15, -0.1) is 0 Å². The third-order valence-corrected chi connectivity index (χ3v) is 5.72. The van der Waals surface area contributed by atoms with Gasteiger partial charge in [-0.05, 0) is 61.5 Å². The standard InChI is InChI=1S/C24H20Cl3NO4/c1-3-32-24(30)15-7-10-17(11-8-15)28(14-18-19(25)5-4-6-20(18)26)23(29)16-9-12-22(31-2)21(27)13-16/h4-13H,3,14H2,1-2H3. The minimum Gasteiger partial charge on any atom is -0.495 e. The van der Waals surface area contributed by atoms with Crippen molar-refractivity contribution in [2.24, 2.45) is 0 Å². The normalized spacial score (nSPS) is 10.5. The van der Waals surface area contributed by atoms with Crippen molar-refractivity contribution in [2.75, 3.05) is 18.6 Å². The highest BCUT2D eigenvalue weighted by molar-refractivity contribution is 6.36. The number of esters is 1. The number of anilines is 1. The number of benzene rings is 3. The van der Waals surface area contributed by atoms with Gasteiger partial charge >= 0.3 is 5.97 Å². The van der Waals surface area contributed by atoms with E-state index in [0.29, 0.717) is 43.2 Å². The number of carbonyl (C=O) groups is 2. The van der Waals surface area contributed by atoms with Gasteiger partial charge < -0.3 is 14.4 Å². The SMILES string of the molecule is CCOC(=O)c1ccc(N(Cc2c(Cl)cccc2Cl)C(=O)c2ccc(OC)c(Cl)c2)cc1. The van der Waals surface area contributed by atoms with Crippen LogP contribution in [0.5, 0.6) is 5.75 Å². The first kappa shape index (κ1) is 23.9. The first-order chi connectivity index (χ1) is 15.3. The molecule has 0 saturated carbocycles. The second-order valence-electron chi connectivity index (χ2n) is 6.71. The van der Waals surface area contributed by atoms with Crippen LogP contribution in [0.25, 0.3) is 0 Å². The van der Waals surface area contributed by atoms with E-state index in [-0.39, 0.29) is 19.1 Å². The molecule has 0 aliphatic rings. The number of nitrogens with zero attached hydrogens (tertiary/aromatic N) is 1. The summed E-state index contributed by atoms with van der Waals surface area (Å²) in [5.74, 6) is -0.301. The lowest BCUT2D eigenvalue weighted by atomic mass is 10.1. The Morgan fingerprint density at radius 1 is 0.875 bits per heavy atom. The monoisotopic (exact) mass is 491 g/mol. The molecule has 3 aromatic carbocycles. The summed E-state index contributed by atoms with van der Waals surface area (Å²) < 4.78 is 10.2. The molecule has 0 heterocycles. The maximum atomic E-state index is 13.5. The number of ether oxygens (including phenoxy) is 2. The van der Waals surface area contributed by atoms with Gasteiger partial charge in [0.15, 0.2) is 0 Å². The van der Waals surface area contributed by atoms with E-state index in [0.717, 1.165) is 0 Å². The first-order valence-electron chi connectivity index (χ1n) is 9.71. The van der Waals surface area contributed by atoms with Gasteiger partial charge in [0.1, 0.15) is 5.75 Å². The van der Waals surface area contributed by atoms with E-state index in [1.165, 1.54) is 18.1 Å². The average molecular weight is 493 g/mol. The molecule has 32 heavy (non-hydrogen) atoms. The van der Waals surface area contributed by atoms with E-state index in [1.807, 2.05) is 0 Å². The summed E-state index contributed by atoms with van der Waals surface area (Å²) in [7, 11) is 1.50. The van der Waals surface area contributed by atoms with Crippen molar-refractivity contribution in [3.05, 3.63) is 92.4 Å². The topological polar surface area (TPSA) is 55.8 Å². The third kappa shape index (κ3) is 5.36. The summed E-state index contributed by atoms with van der Waals surface area (Å²) in [4.78, 5) is 27.0. The third-order valence-electron chi connectivity index (χ3n) is 4.71. The molecule has 0 aliphatic carbocycles. The van der Waals surface area contributed by atoms with E-state index in [2.05, 4.69) is 0 Å². The predicted octanol–water partition coefficient (Wildman–Crippen LogP) is 6.68. The van der Waals surface area contributed by atoms with Crippen LogP contribution in [-0.4, -0.2) is 25.6 Å². The molecule has 0 fully saturated rings. The average Bonchev–Trinajstić information content (AvgIpc) is 2.79. The Morgan fingerprint density at radius 2 is 1.50 bits per heavy atom. The molecule has 5 nitrogen and oxygen atoms in total. The molecule has 0 aliphatic heterocycles. The van der Waals surface area contributed by atoms with E-state index in [9.17, 15) is 9.59 Å². The summed E-state index contributed by atoms with van der Waals surface area (Å²) >= 11 is 18.9. The molecule has 3 aromatic rings. The number of hydrogen-bond acceptors (Lipinski definition) is 4. The maximum Gasteiger partial charge on any atom is 0.338 e. The van der Waals surface area contributed by atoms with E-state index < -0.39 is 5.97 Å². The van der Waals surface area contributed by atoms with Gasteiger partial charge in [0.25, 0.3) is 5.91 Å². The van der Waals surface area contributed by atoms with Crippen LogP contribution in [0.3, 0.4) is 0 Å². The van der Waals surface area contributed by atoms with Crippen molar-refractivity contribution in [3.8, 4) is 5.75 Å². The highest BCUT2D eigenvalue weighted by Crippen LogP contribution is 2.31. The lowest BCUT2D eigenvalue weighted by molar-refractivity contribution is 0.0526. The number of carbonyl (C=O) groups excluding carboxylic acids is 2. The highest BCUT2D eigenvalue weighted by Gasteiger charge is 2.22. The fourth-order valence-corrected chi connectivity index (χ4v) is 3.84. The summed E-state index contributed by atoms with van der Waals surface area (Å²) in [6, 6.07) is 16.5. The molecule has 0 spiro atoms. The lowest BCUT2D eigenvalue weighted by Gasteiger charge is -2.24. The van der Waals surface area contributed by atoms with E-state index in [4.69, 9.17) is 44.3 Å². The molecular weight excluding hydrogens is 473 g/mol. The number of rotatable bonds is 7. The number of amides is 1. The Hall–Kier alpha value is -2.73. The smallest absolute Gasteiger partial charge is 0.338 e. The van der Waals surface area contributed by atoms with Crippen molar-refractivity contribution in [2.45, 2.75) is 13.5 Å². The van der Waals surface area contributed by atoms with E-state index >= 15 is 0 Å². The molecule has 0 saturated heterocycles. The first-order valence-corrected chi connectivity index (χ1v) is 10.8. The van der Waals surface area contributed by atoms with Crippen LogP contribution in [-0.2, 0) is 11.3 Å². The van der Waals surface area contributed by atoms with Crippen molar-refractivity contribution in [3.63, 3.8) is 0 Å². The van der Waals surface area contributed by atoms with Gasteiger partial charge in [-0.2, -0.15) is 0 Å². The van der Waals surface area contributed by atoms with Crippen LogP contribution in [0, 0.1) is 0 Å². The van der Waals surface area contributed by atoms with Gasteiger partial charge in [0.05, 0.1) is 30.8 Å². The maximum absolute atomic E-state index is 13.5. The largest absolute Gasteiger partial charge is 0.495 e. The molecule has 0 atom stereocenters. The highest BCUT2D eigenvalue weighted by atomic mass is 35.5. The second-order valence-corrected chi connectivity index (χ2v) is 7.93. The zero-order valence-electron chi connectivity index (χ0n) is 17.4. The fourth-order valence-electron chi connectivity index (χ4n) is 3.07. The zero-order valence-corrected chi connectivity index (χ0v) is 19.7. The quantitative estimate of drug-likeness (QED) is 0.345. The minimum absolute atomic E-state index is 0.111. The van der Waals surface area contributed by atoms with Crippen LogP contribution < -0.4 is 9.64 Å². The zero-order chi connectivity index (χ0) is 23.3. The Bertz CT molecular complexity index is 1110. The summed E-state index contributed by atoms with van der Waals surface area (Å²) in [6.45, 7) is 2.12. The fraction of sp³-hybridized carbons (Fsp3) is 0.167.